The molecule has 0 bridgehead atoms. The number of fused-ring (bicyclic) bond motifs is 1. The second-order valence-corrected chi connectivity index (χ2v) is 6.03. The van der Waals surface area contributed by atoms with E-state index < -0.39 is 11.7 Å². The number of nitrogens with two attached hydrogens (primary N) is 1. The Balaban J connectivity index is 2.05. The zero-order chi connectivity index (χ0) is 15.5. The van der Waals surface area contributed by atoms with Gasteiger partial charge in [0.05, 0.1) is 11.7 Å². The lowest BCUT2D eigenvalue weighted by Crippen LogP contribution is -2.44. The molecular formula is C15H22N4O2. The summed E-state index contributed by atoms with van der Waals surface area (Å²) < 4.78 is 5.25. The van der Waals surface area contributed by atoms with Gasteiger partial charge in [-0.25, -0.2) is 4.79 Å². The Morgan fingerprint density at radius 2 is 2.24 bits per heavy atom. The highest BCUT2D eigenvalue weighted by atomic mass is 16.6. The van der Waals surface area contributed by atoms with Gasteiger partial charge in [-0.3, -0.25) is 5.10 Å². The molecule has 0 fully saturated rings. The van der Waals surface area contributed by atoms with Crippen molar-refractivity contribution in [2.75, 3.05) is 6.54 Å². The average molecular weight is 290 g/mol. The van der Waals surface area contributed by atoms with Crippen LogP contribution in [-0.2, 0) is 11.2 Å². The van der Waals surface area contributed by atoms with Gasteiger partial charge in [-0.05, 0) is 32.8 Å². The highest BCUT2D eigenvalue weighted by Gasteiger charge is 2.19. The first-order valence-corrected chi connectivity index (χ1v) is 6.99. The quantitative estimate of drug-likeness (QED) is 0.802. The number of nitrogens with one attached hydrogen (secondary N) is 2. The van der Waals surface area contributed by atoms with Crippen LogP contribution in [0.2, 0.25) is 0 Å². The molecule has 0 saturated carbocycles. The molecule has 0 aliphatic rings. The predicted molar refractivity (Wildman–Crippen MR) is 82.0 cm³/mol. The van der Waals surface area contributed by atoms with E-state index in [2.05, 4.69) is 15.5 Å². The van der Waals surface area contributed by atoms with E-state index in [4.69, 9.17) is 10.5 Å². The van der Waals surface area contributed by atoms with Crippen molar-refractivity contribution in [3.63, 3.8) is 0 Å². The van der Waals surface area contributed by atoms with Crippen LogP contribution in [0.3, 0.4) is 0 Å². The number of para-hydroxylation sites is 1. The van der Waals surface area contributed by atoms with Gasteiger partial charge in [-0.15, -0.1) is 0 Å². The van der Waals surface area contributed by atoms with E-state index in [-0.39, 0.29) is 6.04 Å². The summed E-state index contributed by atoms with van der Waals surface area (Å²) in [5.41, 5.74) is 7.27. The summed E-state index contributed by atoms with van der Waals surface area (Å²) in [5.74, 6) is 0. The van der Waals surface area contributed by atoms with Crippen LogP contribution in [-0.4, -0.2) is 34.5 Å². The fourth-order valence-corrected chi connectivity index (χ4v) is 2.13. The number of benzene rings is 1. The third-order valence-electron chi connectivity index (χ3n) is 3.03. The Morgan fingerprint density at radius 3 is 2.90 bits per heavy atom. The van der Waals surface area contributed by atoms with Crippen LogP contribution in [0.5, 0.6) is 0 Å². The number of amides is 1. The zero-order valence-electron chi connectivity index (χ0n) is 12.6. The largest absolute Gasteiger partial charge is 0.444 e. The molecule has 0 saturated heterocycles. The summed E-state index contributed by atoms with van der Waals surface area (Å²) in [6, 6.07) is 5.77. The van der Waals surface area contributed by atoms with Gasteiger partial charge in [0.15, 0.2) is 0 Å². The van der Waals surface area contributed by atoms with E-state index in [0.717, 1.165) is 16.5 Å². The lowest BCUT2D eigenvalue weighted by Gasteiger charge is -2.23. The Kier molecular flexibility index (Phi) is 4.47. The van der Waals surface area contributed by atoms with Crippen molar-refractivity contribution < 1.29 is 9.53 Å². The molecule has 0 spiro atoms. The van der Waals surface area contributed by atoms with Crippen LogP contribution in [0.1, 0.15) is 26.3 Å². The van der Waals surface area contributed by atoms with Gasteiger partial charge in [-0.1, -0.05) is 18.2 Å². The number of hydrogen-bond acceptors (Lipinski definition) is 4. The van der Waals surface area contributed by atoms with Gasteiger partial charge in [0.1, 0.15) is 5.60 Å². The van der Waals surface area contributed by atoms with Crippen LogP contribution >= 0.6 is 0 Å². The normalized spacial score (nSPS) is 13.1. The standard InChI is InChI=1S/C15H22N4O2/c1-15(2,3)21-14(20)18-12(8-16)7-10-5-4-6-11-9-17-19-13(10)11/h4-6,9,12H,7-8,16H2,1-3H3,(H,17,19)(H,18,20). The van der Waals surface area contributed by atoms with Gasteiger partial charge in [-0.2, -0.15) is 5.10 Å². The van der Waals surface area contributed by atoms with E-state index >= 15 is 0 Å². The molecule has 114 valence electrons. The highest BCUT2D eigenvalue weighted by molar-refractivity contribution is 5.81. The van der Waals surface area contributed by atoms with Crippen molar-refractivity contribution in [2.24, 2.45) is 5.73 Å². The number of aromatic nitrogens is 2. The molecule has 21 heavy (non-hydrogen) atoms. The first-order chi connectivity index (χ1) is 9.89. The van der Waals surface area contributed by atoms with Gasteiger partial charge >= 0.3 is 6.09 Å². The van der Waals surface area contributed by atoms with Gasteiger partial charge in [0, 0.05) is 18.0 Å². The number of alkyl carbamates (subject to hydrolysis) is 1. The number of carbonyl (C=O) groups excluding carboxylic acids is 1. The summed E-state index contributed by atoms with van der Waals surface area (Å²) in [7, 11) is 0. The third-order valence-corrected chi connectivity index (χ3v) is 3.03. The molecular weight excluding hydrogens is 268 g/mol. The minimum absolute atomic E-state index is 0.186. The van der Waals surface area contributed by atoms with Crippen molar-refractivity contribution in [2.45, 2.75) is 38.8 Å². The van der Waals surface area contributed by atoms with E-state index in [0.29, 0.717) is 13.0 Å². The minimum atomic E-state index is -0.521. The molecule has 6 nitrogen and oxygen atoms in total. The number of H-pyrrole nitrogens is 1. The first-order valence-electron chi connectivity index (χ1n) is 6.99. The Bertz CT molecular complexity index is 615. The van der Waals surface area contributed by atoms with Crippen LogP contribution in [0, 0.1) is 0 Å². The molecule has 4 N–H and O–H groups in total. The van der Waals surface area contributed by atoms with Crippen molar-refractivity contribution >= 4 is 17.0 Å². The Morgan fingerprint density at radius 1 is 1.48 bits per heavy atom. The van der Waals surface area contributed by atoms with Crippen LogP contribution in [0.15, 0.2) is 24.4 Å². The number of carbonyl (C=O) groups is 1. The summed E-state index contributed by atoms with van der Waals surface area (Å²) in [6.07, 6.45) is 1.95. The second-order valence-electron chi connectivity index (χ2n) is 6.03. The molecule has 2 rings (SSSR count). The average Bonchev–Trinajstić information content (AvgIpc) is 2.84. The molecule has 6 heteroatoms. The minimum Gasteiger partial charge on any atom is -0.444 e. The van der Waals surface area contributed by atoms with Crippen molar-refractivity contribution in [1.29, 1.82) is 0 Å². The number of ether oxygens (including phenoxy) is 1. The van der Waals surface area contributed by atoms with Crippen molar-refractivity contribution in [3.8, 4) is 0 Å². The molecule has 1 heterocycles. The van der Waals surface area contributed by atoms with E-state index in [1.54, 1.807) is 6.20 Å². The summed E-state index contributed by atoms with van der Waals surface area (Å²) >= 11 is 0. The van der Waals surface area contributed by atoms with Gasteiger partial charge in [0.25, 0.3) is 0 Å². The molecule has 1 aromatic heterocycles. The predicted octanol–water partition coefficient (Wildman–Crippen LogP) is 1.96. The zero-order valence-corrected chi connectivity index (χ0v) is 12.6. The number of nitrogens with zero attached hydrogens (tertiary/aromatic N) is 1. The van der Waals surface area contributed by atoms with Crippen LogP contribution < -0.4 is 11.1 Å². The monoisotopic (exact) mass is 290 g/mol. The number of rotatable bonds is 4. The first kappa shape index (κ1) is 15.3. The Hall–Kier alpha value is -2.08. The maximum atomic E-state index is 11.8. The maximum Gasteiger partial charge on any atom is 0.407 e. The number of aromatic amines is 1. The van der Waals surface area contributed by atoms with Crippen LogP contribution in [0.25, 0.3) is 10.9 Å². The van der Waals surface area contributed by atoms with E-state index in [1.165, 1.54) is 0 Å². The van der Waals surface area contributed by atoms with Crippen molar-refractivity contribution in [3.05, 3.63) is 30.0 Å². The van der Waals surface area contributed by atoms with E-state index in [1.807, 2.05) is 39.0 Å². The van der Waals surface area contributed by atoms with E-state index in [9.17, 15) is 4.79 Å². The lowest BCUT2D eigenvalue weighted by molar-refractivity contribution is 0.0506. The fraction of sp³-hybridized carbons (Fsp3) is 0.467. The summed E-state index contributed by atoms with van der Waals surface area (Å²) in [6.45, 7) is 5.82. The Labute approximate surface area is 124 Å². The van der Waals surface area contributed by atoms with Crippen molar-refractivity contribution in [1.82, 2.24) is 15.5 Å². The smallest absolute Gasteiger partial charge is 0.407 e. The fourth-order valence-electron chi connectivity index (χ4n) is 2.13. The number of hydrogen-bond donors (Lipinski definition) is 3. The molecule has 1 unspecified atom stereocenters. The van der Waals surface area contributed by atoms with Crippen LogP contribution in [0.4, 0.5) is 4.79 Å². The molecule has 2 aromatic rings. The second kappa shape index (κ2) is 6.13. The molecule has 1 amide bonds. The molecule has 1 aromatic carbocycles. The lowest BCUT2D eigenvalue weighted by atomic mass is 10.0. The van der Waals surface area contributed by atoms with Gasteiger partial charge in [0.2, 0.25) is 0 Å². The maximum absolute atomic E-state index is 11.8. The van der Waals surface area contributed by atoms with Gasteiger partial charge < -0.3 is 15.8 Å². The topological polar surface area (TPSA) is 93.0 Å². The highest BCUT2D eigenvalue weighted by Crippen LogP contribution is 2.17. The summed E-state index contributed by atoms with van der Waals surface area (Å²) in [5, 5.41) is 10.9. The molecule has 0 aliphatic heterocycles. The summed E-state index contributed by atoms with van der Waals surface area (Å²) in [4.78, 5) is 11.8. The molecule has 0 radical (unpaired) electrons. The molecule has 1 atom stereocenters. The molecule has 0 aliphatic carbocycles. The SMILES string of the molecule is CC(C)(C)OC(=O)NC(CN)Cc1cccc2cn[nH]c12. The third kappa shape index (κ3) is 4.19.